The molecule has 0 rings (SSSR count). The van der Waals surface area contributed by atoms with Crippen molar-refractivity contribution >= 4 is 8.25 Å². The first-order chi connectivity index (χ1) is 8.44. The van der Waals surface area contributed by atoms with Crippen molar-refractivity contribution < 1.29 is 24.2 Å². The number of aliphatic hydroxyl groups excluding tert-OH is 2. The van der Waals surface area contributed by atoms with Crippen LogP contribution in [-0.4, -0.2) is 52.0 Å². The third-order valence-corrected chi connectivity index (χ3v) is 3.45. The maximum absolute atomic E-state index is 10.8. The average molecular weight is 283 g/mol. The van der Waals surface area contributed by atoms with Crippen LogP contribution in [-0.2, 0) is 9.09 Å². The minimum Gasteiger partial charge on any atom is -0.396 e. The largest absolute Gasteiger partial charge is 0.396 e. The monoisotopic (exact) mass is 283 g/mol. The van der Waals surface area contributed by atoms with Crippen LogP contribution in [0.1, 0.15) is 39.5 Å². The Bertz CT molecular complexity index is 227. The van der Waals surface area contributed by atoms with Crippen molar-refractivity contribution in [2.75, 3.05) is 26.3 Å². The molecule has 0 bridgehead atoms. The quantitative estimate of drug-likeness (QED) is 0.297. The molecule has 0 aliphatic carbocycles. The zero-order valence-electron chi connectivity index (χ0n) is 11.3. The molecular formula is C11H26NO5P. The molecule has 3 N–H and O–H groups in total. The number of hydrogen-bond donors (Lipinski definition) is 3. The molecule has 0 amide bonds. The number of aliphatic hydroxyl groups is 2. The summed E-state index contributed by atoms with van der Waals surface area (Å²) in [5.41, 5.74) is -0.810. The van der Waals surface area contributed by atoms with Gasteiger partial charge in [-0.2, -0.15) is 0 Å². The van der Waals surface area contributed by atoms with Crippen LogP contribution in [0, 0.1) is 0 Å². The molecule has 0 aromatic carbocycles. The molecule has 0 aromatic heterocycles. The minimum atomic E-state index is -2.99. The fourth-order valence-corrected chi connectivity index (χ4v) is 2.31. The Hall–Kier alpha value is 0.0300. The Morgan fingerprint density at radius 2 is 1.50 bits per heavy atom. The molecule has 0 heterocycles. The van der Waals surface area contributed by atoms with E-state index in [-0.39, 0.29) is 13.2 Å². The number of hydrogen-bond acceptors (Lipinski definition) is 5. The summed E-state index contributed by atoms with van der Waals surface area (Å²) in [5.74, 6) is 0. The van der Waals surface area contributed by atoms with Gasteiger partial charge in [0.1, 0.15) is 5.72 Å². The normalized spacial score (nSPS) is 14.1. The molecule has 0 spiro atoms. The smallest absolute Gasteiger partial charge is 0.318 e. The lowest BCUT2D eigenvalue weighted by Crippen LogP contribution is -2.46. The summed E-state index contributed by atoms with van der Waals surface area (Å²) in [5, 5.41) is 17.5. The van der Waals surface area contributed by atoms with Crippen LogP contribution in [0.5, 0.6) is 0 Å². The van der Waals surface area contributed by atoms with Crippen LogP contribution in [0.4, 0.5) is 0 Å². The highest BCUT2D eigenvalue weighted by atomic mass is 31.1. The molecule has 1 unspecified atom stereocenters. The molecule has 0 saturated carbocycles. The Morgan fingerprint density at radius 1 is 1.06 bits per heavy atom. The van der Waals surface area contributed by atoms with E-state index in [0.717, 1.165) is 12.8 Å². The SMILES string of the molecule is CC(C)(O[PH](=O)O)N(CCCCO)CCCCO. The standard InChI is InChI=1S/C11H26NO5P/c1-11(2,17-18(15)16)12(7-3-5-9-13)8-4-6-10-14/h13-14,18H,3-10H2,1-2H3,(H,15,16). The molecule has 0 radical (unpaired) electrons. The Labute approximate surface area is 110 Å². The average Bonchev–Trinajstić information content (AvgIpc) is 2.25. The van der Waals surface area contributed by atoms with Gasteiger partial charge in [-0.25, -0.2) is 0 Å². The lowest BCUT2D eigenvalue weighted by atomic mass is 10.2. The van der Waals surface area contributed by atoms with Gasteiger partial charge in [0.15, 0.2) is 0 Å². The van der Waals surface area contributed by atoms with Gasteiger partial charge in [-0.1, -0.05) is 0 Å². The first-order valence-corrected chi connectivity index (χ1v) is 7.59. The van der Waals surface area contributed by atoms with Gasteiger partial charge in [-0.3, -0.25) is 14.0 Å². The lowest BCUT2D eigenvalue weighted by Gasteiger charge is -2.37. The van der Waals surface area contributed by atoms with Crippen LogP contribution in [0.3, 0.4) is 0 Å². The van der Waals surface area contributed by atoms with Gasteiger partial charge in [0.05, 0.1) is 0 Å². The maximum atomic E-state index is 10.8. The highest BCUT2D eigenvalue weighted by molar-refractivity contribution is 7.32. The predicted octanol–water partition coefficient (Wildman–Crippen LogP) is 0.968. The summed E-state index contributed by atoms with van der Waals surface area (Å²) in [7, 11) is -2.99. The summed E-state index contributed by atoms with van der Waals surface area (Å²) in [6.07, 6.45) is 2.99. The summed E-state index contributed by atoms with van der Waals surface area (Å²) in [6.45, 7) is 5.17. The van der Waals surface area contributed by atoms with Crippen molar-refractivity contribution in [1.29, 1.82) is 0 Å². The molecule has 6 nitrogen and oxygen atoms in total. The second-order valence-corrected chi connectivity index (χ2v) is 5.40. The highest BCUT2D eigenvalue weighted by Crippen LogP contribution is 2.29. The Kier molecular flexibility index (Phi) is 9.91. The first-order valence-electron chi connectivity index (χ1n) is 6.32. The molecule has 7 heteroatoms. The van der Waals surface area contributed by atoms with Gasteiger partial charge in [-0.05, 0) is 39.5 Å². The molecule has 18 heavy (non-hydrogen) atoms. The first kappa shape index (κ1) is 18.0. The fraction of sp³-hybridized carbons (Fsp3) is 1.00. The number of nitrogens with zero attached hydrogens (tertiary/aromatic N) is 1. The van der Waals surface area contributed by atoms with Crippen LogP contribution < -0.4 is 0 Å². The summed E-state index contributed by atoms with van der Waals surface area (Å²) in [6, 6.07) is 0. The van der Waals surface area contributed by atoms with Crippen molar-refractivity contribution in [2.24, 2.45) is 0 Å². The zero-order valence-corrected chi connectivity index (χ0v) is 12.3. The second kappa shape index (κ2) is 9.89. The van der Waals surface area contributed by atoms with E-state index >= 15 is 0 Å². The predicted molar refractivity (Wildman–Crippen MR) is 70.6 cm³/mol. The van der Waals surface area contributed by atoms with E-state index in [4.69, 9.17) is 19.6 Å². The third-order valence-electron chi connectivity index (χ3n) is 2.77. The van der Waals surface area contributed by atoms with Gasteiger partial charge in [-0.15, -0.1) is 0 Å². The molecule has 0 aliphatic rings. The van der Waals surface area contributed by atoms with E-state index in [1.165, 1.54) is 0 Å². The van der Waals surface area contributed by atoms with Crippen molar-refractivity contribution in [3.8, 4) is 0 Å². The molecule has 0 aliphatic heterocycles. The Morgan fingerprint density at radius 3 is 1.83 bits per heavy atom. The Balaban J connectivity index is 4.35. The van der Waals surface area contributed by atoms with E-state index in [9.17, 15) is 4.57 Å². The molecular weight excluding hydrogens is 257 g/mol. The lowest BCUT2D eigenvalue weighted by molar-refractivity contribution is -0.0590. The maximum Gasteiger partial charge on any atom is 0.318 e. The number of unbranched alkanes of at least 4 members (excludes halogenated alkanes) is 2. The van der Waals surface area contributed by atoms with Gasteiger partial charge >= 0.3 is 8.25 Å². The van der Waals surface area contributed by atoms with Gasteiger partial charge in [0, 0.05) is 26.3 Å². The van der Waals surface area contributed by atoms with Crippen molar-refractivity contribution in [2.45, 2.75) is 45.3 Å². The topological polar surface area (TPSA) is 90.2 Å². The van der Waals surface area contributed by atoms with E-state index in [0.29, 0.717) is 25.9 Å². The summed E-state index contributed by atoms with van der Waals surface area (Å²) in [4.78, 5) is 10.9. The molecule has 1 atom stereocenters. The van der Waals surface area contributed by atoms with E-state index in [1.54, 1.807) is 13.8 Å². The minimum absolute atomic E-state index is 0.141. The van der Waals surface area contributed by atoms with Crippen molar-refractivity contribution in [3.63, 3.8) is 0 Å². The zero-order chi connectivity index (χ0) is 14.0. The van der Waals surface area contributed by atoms with Crippen molar-refractivity contribution in [3.05, 3.63) is 0 Å². The van der Waals surface area contributed by atoms with Gasteiger partial charge in [0.2, 0.25) is 0 Å². The number of rotatable bonds is 11. The van der Waals surface area contributed by atoms with Gasteiger partial charge < -0.3 is 15.1 Å². The van der Waals surface area contributed by atoms with E-state index in [2.05, 4.69) is 0 Å². The van der Waals surface area contributed by atoms with Crippen LogP contribution in [0.2, 0.25) is 0 Å². The highest BCUT2D eigenvalue weighted by Gasteiger charge is 2.28. The van der Waals surface area contributed by atoms with E-state index in [1.807, 2.05) is 4.90 Å². The molecule has 0 fully saturated rings. The van der Waals surface area contributed by atoms with E-state index < -0.39 is 14.0 Å². The van der Waals surface area contributed by atoms with Crippen LogP contribution >= 0.6 is 8.25 Å². The summed E-state index contributed by atoms with van der Waals surface area (Å²) >= 11 is 0. The molecule has 0 saturated heterocycles. The van der Waals surface area contributed by atoms with Crippen LogP contribution in [0.25, 0.3) is 0 Å². The second-order valence-electron chi connectivity index (χ2n) is 4.66. The summed E-state index contributed by atoms with van der Waals surface area (Å²) < 4.78 is 15.9. The fourth-order valence-electron chi connectivity index (χ4n) is 1.76. The third kappa shape index (κ3) is 8.19. The van der Waals surface area contributed by atoms with Crippen LogP contribution in [0.15, 0.2) is 0 Å². The van der Waals surface area contributed by atoms with Crippen molar-refractivity contribution in [1.82, 2.24) is 4.90 Å². The molecule has 110 valence electrons. The van der Waals surface area contributed by atoms with Gasteiger partial charge in [0.25, 0.3) is 0 Å². The molecule has 0 aromatic rings.